The van der Waals surface area contributed by atoms with Crippen molar-refractivity contribution in [1.82, 2.24) is 9.80 Å². The molecular formula is C18H28N2O. The monoisotopic (exact) mass is 288 g/mol. The molecule has 0 fully saturated rings. The smallest absolute Gasteiger partial charge is 0.176 e. The molecule has 0 bridgehead atoms. The van der Waals surface area contributed by atoms with Gasteiger partial charge in [0.15, 0.2) is 5.78 Å². The maximum absolute atomic E-state index is 12.5. The number of likely N-dealkylation sites (N-methyl/N-ethyl adjacent to an activating group) is 1. The minimum atomic E-state index is 0.261. The molecule has 0 saturated carbocycles. The summed E-state index contributed by atoms with van der Waals surface area (Å²) in [5, 5.41) is 0. The lowest BCUT2D eigenvalue weighted by Gasteiger charge is -2.20. The molecule has 0 spiro atoms. The van der Waals surface area contributed by atoms with E-state index in [9.17, 15) is 4.79 Å². The zero-order valence-corrected chi connectivity index (χ0v) is 13.7. The summed E-state index contributed by atoms with van der Waals surface area (Å²) >= 11 is 0. The van der Waals surface area contributed by atoms with Gasteiger partial charge in [0.05, 0.1) is 6.54 Å². The second-order valence-corrected chi connectivity index (χ2v) is 6.29. The van der Waals surface area contributed by atoms with Crippen molar-refractivity contribution in [2.24, 2.45) is 0 Å². The molecule has 0 radical (unpaired) electrons. The molecule has 0 heterocycles. The van der Waals surface area contributed by atoms with Crippen molar-refractivity contribution in [1.29, 1.82) is 0 Å². The van der Waals surface area contributed by atoms with E-state index >= 15 is 0 Å². The molecule has 3 heteroatoms. The standard InChI is InChI=1S/C18H28N2O/c1-4-20(12-6-11-19(2)3)14-18(21)17-10-9-15-7-5-8-16(15)13-17/h9-10,13H,4-8,11-12,14H2,1-3H3. The summed E-state index contributed by atoms with van der Waals surface area (Å²) in [6.45, 7) is 5.67. The van der Waals surface area contributed by atoms with Crippen molar-refractivity contribution in [3.05, 3.63) is 34.9 Å². The maximum Gasteiger partial charge on any atom is 0.176 e. The minimum Gasteiger partial charge on any atom is -0.309 e. The Morgan fingerprint density at radius 2 is 1.90 bits per heavy atom. The Balaban J connectivity index is 1.90. The number of benzene rings is 1. The van der Waals surface area contributed by atoms with Gasteiger partial charge in [-0.3, -0.25) is 9.69 Å². The quantitative estimate of drug-likeness (QED) is 0.687. The van der Waals surface area contributed by atoms with E-state index in [0.717, 1.165) is 38.0 Å². The van der Waals surface area contributed by atoms with Crippen LogP contribution in [-0.4, -0.2) is 55.9 Å². The second kappa shape index (κ2) is 7.71. The molecule has 0 N–H and O–H groups in total. The topological polar surface area (TPSA) is 23.6 Å². The number of ketones is 1. The summed E-state index contributed by atoms with van der Waals surface area (Å²) in [7, 11) is 4.18. The van der Waals surface area contributed by atoms with Crippen LogP contribution in [0.5, 0.6) is 0 Å². The van der Waals surface area contributed by atoms with Gasteiger partial charge in [0, 0.05) is 5.56 Å². The Morgan fingerprint density at radius 3 is 2.62 bits per heavy atom. The average molecular weight is 288 g/mol. The molecule has 0 unspecified atom stereocenters. The summed E-state index contributed by atoms with van der Waals surface area (Å²) in [5.41, 5.74) is 3.71. The molecule has 21 heavy (non-hydrogen) atoms. The van der Waals surface area contributed by atoms with Crippen molar-refractivity contribution in [3.63, 3.8) is 0 Å². The van der Waals surface area contributed by atoms with Gasteiger partial charge < -0.3 is 4.90 Å². The predicted octanol–water partition coefficient (Wildman–Crippen LogP) is 2.63. The molecule has 3 nitrogen and oxygen atoms in total. The summed E-state index contributed by atoms with van der Waals surface area (Å²) in [4.78, 5) is 16.9. The number of hydrogen-bond donors (Lipinski definition) is 0. The highest BCUT2D eigenvalue weighted by Crippen LogP contribution is 2.23. The third kappa shape index (κ3) is 4.65. The van der Waals surface area contributed by atoms with Gasteiger partial charge in [0.2, 0.25) is 0 Å². The van der Waals surface area contributed by atoms with E-state index in [2.05, 4.69) is 43.0 Å². The highest BCUT2D eigenvalue weighted by atomic mass is 16.1. The number of Topliss-reactive ketones (excluding diaryl/α,β-unsaturated/α-hetero) is 1. The highest BCUT2D eigenvalue weighted by molar-refractivity contribution is 5.97. The molecule has 116 valence electrons. The van der Waals surface area contributed by atoms with Crippen LogP contribution >= 0.6 is 0 Å². The van der Waals surface area contributed by atoms with Crippen LogP contribution in [0, 0.1) is 0 Å². The molecule has 1 aromatic rings. The first-order valence-electron chi connectivity index (χ1n) is 8.12. The van der Waals surface area contributed by atoms with E-state index in [1.165, 1.54) is 24.0 Å². The fraction of sp³-hybridized carbons (Fsp3) is 0.611. The van der Waals surface area contributed by atoms with Gasteiger partial charge in [-0.2, -0.15) is 0 Å². The first-order chi connectivity index (χ1) is 10.1. The van der Waals surface area contributed by atoms with Gasteiger partial charge in [-0.1, -0.05) is 19.1 Å². The molecule has 1 aromatic carbocycles. The molecule has 0 aromatic heterocycles. The Labute approximate surface area is 128 Å². The van der Waals surface area contributed by atoms with E-state index in [1.54, 1.807) is 0 Å². The van der Waals surface area contributed by atoms with Gasteiger partial charge in [-0.15, -0.1) is 0 Å². The largest absolute Gasteiger partial charge is 0.309 e. The van der Waals surface area contributed by atoms with Gasteiger partial charge in [-0.25, -0.2) is 0 Å². The van der Waals surface area contributed by atoms with Crippen LogP contribution in [0.1, 0.15) is 41.3 Å². The number of aryl methyl sites for hydroxylation is 2. The van der Waals surface area contributed by atoms with E-state index < -0.39 is 0 Å². The van der Waals surface area contributed by atoms with Gasteiger partial charge >= 0.3 is 0 Å². The fourth-order valence-corrected chi connectivity index (χ4v) is 3.00. The van der Waals surface area contributed by atoms with Crippen LogP contribution in [-0.2, 0) is 12.8 Å². The van der Waals surface area contributed by atoms with Gasteiger partial charge in [-0.05, 0) is 76.6 Å². The second-order valence-electron chi connectivity index (χ2n) is 6.29. The van der Waals surface area contributed by atoms with Gasteiger partial charge in [0.1, 0.15) is 0 Å². The van der Waals surface area contributed by atoms with Crippen LogP contribution in [0.2, 0.25) is 0 Å². The SMILES string of the molecule is CCN(CCCN(C)C)CC(=O)c1ccc2c(c1)CCC2. The Bertz CT molecular complexity index is 482. The summed E-state index contributed by atoms with van der Waals surface area (Å²) in [5.74, 6) is 0.261. The molecule has 1 aliphatic rings. The van der Waals surface area contributed by atoms with Crippen molar-refractivity contribution in [2.75, 3.05) is 40.3 Å². The van der Waals surface area contributed by atoms with E-state index in [-0.39, 0.29) is 5.78 Å². The Hall–Kier alpha value is -1.19. The lowest BCUT2D eigenvalue weighted by Crippen LogP contribution is -2.32. The van der Waals surface area contributed by atoms with Crippen LogP contribution in [0.25, 0.3) is 0 Å². The summed E-state index contributed by atoms with van der Waals surface area (Å²) in [6, 6.07) is 6.29. The lowest BCUT2D eigenvalue weighted by molar-refractivity contribution is 0.0931. The zero-order chi connectivity index (χ0) is 15.2. The normalized spacial score (nSPS) is 14.0. The third-order valence-corrected chi connectivity index (χ3v) is 4.31. The summed E-state index contributed by atoms with van der Waals surface area (Å²) in [6.07, 6.45) is 4.66. The maximum atomic E-state index is 12.5. The van der Waals surface area contributed by atoms with E-state index in [4.69, 9.17) is 0 Å². The molecule has 0 aliphatic heterocycles. The molecule has 1 aliphatic carbocycles. The van der Waals surface area contributed by atoms with Crippen molar-refractivity contribution >= 4 is 5.78 Å². The van der Waals surface area contributed by atoms with Crippen LogP contribution in [0.15, 0.2) is 18.2 Å². The highest BCUT2D eigenvalue weighted by Gasteiger charge is 2.15. The lowest BCUT2D eigenvalue weighted by atomic mass is 10.0. The Morgan fingerprint density at radius 1 is 1.14 bits per heavy atom. The number of carbonyl (C=O) groups is 1. The van der Waals surface area contributed by atoms with E-state index in [1.807, 2.05) is 6.07 Å². The minimum absolute atomic E-state index is 0.261. The van der Waals surface area contributed by atoms with Crippen LogP contribution in [0.4, 0.5) is 0 Å². The van der Waals surface area contributed by atoms with E-state index in [0.29, 0.717) is 6.54 Å². The number of hydrogen-bond acceptors (Lipinski definition) is 3. The first-order valence-corrected chi connectivity index (χ1v) is 8.12. The summed E-state index contributed by atoms with van der Waals surface area (Å²) < 4.78 is 0. The predicted molar refractivity (Wildman–Crippen MR) is 88.1 cm³/mol. The number of fused-ring (bicyclic) bond motifs is 1. The molecular weight excluding hydrogens is 260 g/mol. The van der Waals surface area contributed by atoms with Crippen LogP contribution < -0.4 is 0 Å². The van der Waals surface area contributed by atoms with Crippen molar-refractivity contribution in [2.45, 2.75) is 32.6 Å². The average Bonchev–Trinajstić information content (AvgIpc) is 2.92. The van der Waals surface area contributed by atoms with Crippen LogP contribution in [0.3, 0.4) is 0 Å². The number of nitrogens with zero attached hydrogens (tertiary/aromatic N) is 2. The molecule has 0 amide bonds. The Kier molecular flexibility index (Phi) is 5.95. The number of rotatable bonds is 8. The van der Waals surface area contributed by atoms with Crippen molar-refractivity contribution < 1.29 is 4.79 Å². The molecule has 2 rings (SSSR count). The molecule has 0 atom stereocenters. The zero-order valence-electron chi connectivity index (χ0n) is 13.7. The molecule has 0 saturated heterocycles. The van der Waals surface area contributed by atoms with Crippen molar-refractivity contribution in [3.8, 4) is 0 Å². The third-order valence-electron chi connectivity index (χ3n) is 4.31. The number of carbonyl (C=O) groups excluding carboxylic acids is 1. The first kappa shape index (κ1) is 16.2. The van der Waals surface area contributed by atoms with Gasteiger partial charge in [0.25, 0.3) is 0 Å². The fourth-order valence-electron chi connectivity index (χ4n) is 3.00.